The summed E-state index contributed by atoms with van der Waals surface area (Å²) < 4.78 is 0. The van der Waals surface area contributed by atoms with Crippen LogP contribution in [0.15, 0.2) is 18.2 Å². The number of carbonyl (C=O) groups excluding carboxylic acids is 2. The second kappa shape index (κ2) is 8.79. The Kier molecular flexibility index (Phi) is 7.03. The van der Waals surface area contributed by atoms with E-state index in [1.807, 2.05) is 0 Å². The lowest BCUT2D eigenvalue weighted by molar-refractivity contribution is -0.138. The highest BCUT2D eigenvalue weighted by Crippen LogP contribution is 2.25. The average Bonchev–Trinajstić information content (AvgIpc) is 2.55. The molecule has 27 heavy (non-hydrogen) atoms. The third kappa shape index (κ3) is 5.53. The van der Waals surface area contributed by atoms with Crippen LogP contribution in [-0.2, 0) is 14.4 Å². The summed E-state index contributed by atoms with van der Waals surface area (Å²) in [6.45, 7) is 3.69. The molecule has 0 fully saturated rings. The van der Waals surface area contributed by atoms with E-state index in [9.17, 15) is 34.2 Å². The Labute approximate surface area is 154 Å². The molecular formula is C17H20N2O8. The van der Waals surface area contributed by atoms with Gasteiger partial charge in [-0.2, -0.15) is 0 Å². The molecule has 0 aliphatic carbocycles. The second-order valence-electron chi connectivity index (χ2n) is 6.07. The zero-order chi connectivity index (χ0) is 20.9. The lowest BCUT2D eigenvalue weighted by atomic mass is 9.99. The normalized spacial score (nSPS) is 11.6. The molecule has 0 radical (unpaired) electrons. The smallest absolute Gasteiger partial charge is 0.335 e. The molecule has 0 saturated carbocycles. The van der Waals surface area contributed by atoms with Crippen molar-refractivity contribution in [2.45, 2.75) is 26.8 Å². The van der Waals surface area contributed by atoms with Crippen LogP contribution in [0.4, 0.5) is 5.69 Å². The molecular weight excluding hydrogens is 360 g/mol. The predicted octanol–water partition coefficient (Wildman–Crippen LogP) is 0.661. The Morgan fingerprint density at radius 3 is 1.78 bits per heavy atom. The summed E-state index contributed by atoms with van der Waals surface area (Å²) in [5, 5.41) is 29.3. The molecule has 0 saturated heterocycles. The summed E-state index contributed by atoms with van der Waals surface area (Å²) in [6, 6.07) is 1.92. The van der Waals surface area contributed by atoms with Gasteiger partial charge < -0.3 is 20.6 Å². The van der Waals surface area contributed by atoms with Crippen LogP contribution in [0.3, 0.4) is 0 Å². The highest BCUT2D eigenvalue weighted by molar-refractivity contribution is 6.03. The standard InChI is InChI=1S/C17H20N2O8/c1-8(2)14(15(23)18-7-13(21)22)19(9(3)20)12-5-10(16(24)25)4-11(6-12)17(26)27/h4-6,8,14H,7H2,1-3H3,(H,18,23)(H,21,22)(H,24,25)(H,26,27)/t14-/m0/s1. The number of nitrogens with zero attached hydrogens (tertiary/aromatic N) is 1. The Morgan fingerprint density at radius 2 is 1.44 bits per heavy atom. The Balaban J connectivity index is 3.50. The van der Waals surface area contributed by atoms with Gasteiger partial charge in [-0.15, -0.1) is 0 Å². The van der Waals surface area contributed by atoms with E-state index in [1.165, 1.54) is 0 Å². The molecule has 0 spiro atoms. The van der Waals surface area contributed by atoms with Crippen LogP contribution in [0.5, 0.6) is 0 Å². The summed E-state index contributed by atoms with van der Waals surface area (Å²) in [6.07, 6.45) is 0. The van der Waals surface area contributed by atoms with Crippen molar-refractivity contribution in [1.29, 1.82) is 0 Å². The van der Waals surface area contributed by atoms with Gasteiger partial charge in [0.25, 0.3) is 0 Å². The van der Waals surface area contributed by atoms with Gasteiger partial charge in [0.15, 0.2) is 0 Å². The van der Waals surface area contributed by atoms with E-state index in [4.69, 9.17) is 5.11 Å². The third-order valence-corrected chi connectivity index (χ3v) is 3.62. The van der Waals surface area contributed by atoms with Crippen molar-refractivity contribution >= 4 is 35.4 Å². The zero-order valence-corrected chi connectivity index (χ0v) is 14.9. The zero-order valence-electron chi connectivity index (χ0n) is 14.9. The van der Waals surface area contributed by atoms with Crippen LogP contribution in [0.2, 0.25) is 0 Å². The van der Waals surface area contributed by atoms with E-state index in [0.717, 1.165) is 30.0 Å². The number of rotatable bonds is 8. The predicted molar refractivity (Wildman–Crippen MR) is 92.8 cm³/mol. The first-order valence-electron chi connectivity index (χ1n) is 7.86. The van der Waals surface area contributed by atoms with Gasteiger partial charge in [-0.3, -0.25) is 19.3 Å². The van der Waals surface area contributed by atoms with Crippen molar-refractivity contribution in [1.82, 2.24) is 5.32 Å². The van der Waals surface area contributed by atoms with E-state index >= 15 is 0 Å². The molecule has 2 amide bonds. The minimum absolute atomic E-state index is 0.0935. The topological polar surface area (TPSA) is 161 Å². The fraction of sp³-hybridized carbons (Fsp3) is 0.353. The van der Waals surface area contributed by atoms with Crippen LogP contribution in [-0.4, -0.2) is 57.6 Å². The summed E-state index contributed by atoms with van der Waals surface area (Å²) in [5.41, 5.74) is -0.835. The molecule has 10 heteroatoms. The fourth-order valence-corrected chi connectivity index (χ4v) is 2.52. The maximum atomic E-state index is 12.4. The molecule has 146 valence electrons. The van der Waals surface area contributed by atoms with Gasteiger partial charge in [0.1, 0.15) is 12.6 Å². The van der Waals surface area contributed by atoms with Crippen LogP contribution in [0.1, 0.15) is 41.5 Å². The molecule has 0 aliphatic heterocycles. The van der Waals surface area contributed by atoms with Crippen molar-refractivity contribution in [3.63, 3.8) is 0 Å². The largest absolute Gasteiger partial charge is 0.480 e. The van der Waals surface area contributed by atoms with Crippen molar-refractivity contribution in [3.05, 3.63) is 29.3 Å². The van der Waals surface area contributed by atoms with E-state index in [2.05, 4.69) is 5.32 Å². The summed E-state index contributed by atoms with van der Waals surface area (Å²) in [7, 11) is 0. The lowest BCUT2D eigenvalue weighted by Crippen LogP contribution is -2.53. The Hall–Kier alpha value is -3.43. The van der Waals surface area contributed by atoms with E-state index in [0.29, 0.717) is 0 Å². The first-order chi connectivity index (χ1) is 12.5. The number of nitrogens with one attached hydrogen (secondary N) is 1. The molecule has 0 unspecified atom stereocenters. The molecule has 1 aromatic rings. The van der Waals surface area contributed by atoms with Crippen molar-refractivity contribution in [2.75, 3.05) is 11.4 Å². The molecule has 0 aliphatic rings. The maximum Gasteiger partial charge on any atom is 0.335 e. The first-order valence-corrected chi connectivity index (χ1v) is 7.86. The van der Waals surface area contributed by atoms with Gasteiger partial charge >= 0.3 is 17.9 Å². The Bertz CT molecular complexity index is 755. The molecule has 0 bridgehead atoms. The number of aliphatic carboxylic acids is 1. The summed E-state index contributed by atoms with van der Waals surface area (Å²) in [4.78, 5) is 58.9. The summed E-state index contributed by atoms with van der Waals surface area (Å²) >= 11 is 0. The minimum atomic E-state index is -1.40. The quantitative estimate of drug-likeness (QED) is 0.511. The van der Waals surface area contributed by atoms with E-state index in [-0.39, 0.29) is 16.8 Å². The minimum Gasteiger partial charge on any atom is -0.480 e. The van der Waals surface area contributed by atoms with Gasteiger partial charge in [-0.25, -0.2) is 9.59 Å². The highest BCUT2D eigenvalue weighted by Gasteiger charge is 2.33. The third-order valence-electron chi connectivity index (χ3n) is 3.62. The van der Waals surface area contributed by atoms with Crippen molar-refractivity contribution < 1.29 is 39.3 Å². The lowest BCUT2D eigenvalue weighted by Gasteiger charge is -2.33. The van der Waals surface area contributed by atoms with Gasteiger partial charge in [0.2, 0.25) is 11.8 Å². The molecule has 10 nitrogen and oxygen atoms in total. The van der Waals surface area contributed by atoms with Crippen molar-refractivity contribution in [3.8, 4) is 0 Å². The fourth-order valence-electron chi connectivity index (χ4n) is 2.52. The molecule has 0 aromatic heterocycles. The number of aromatic carboxylic acids is 2. The van der Waals surface area contributed by atoms with Crippen LogP contribution in [0, 0.1) is 5.92 Å². The average molecular weight is 380 g/mol. The van der Waals surface area contributed by atoms with E-state index < -0.39 is 48.2 Å². The number of carboxylic acids is 3. The number of hydrogen-bond donors (Lipinski definition) is 4. The van der Waals surface area contributed by atoms with Crippen LogP contribution >= 0.6 is 0 Å². The van der Waals surface area contributed by atoms with Gasteiger partial charge in [0, 0.05) is 12.6 Å². The van der Waals surface area contributed by atoms with E-state index in [1.54, 1.807) is 13.8 Å². The van der Waals surface area contributed by atoms with Crippen LogP contribution < -0.4 is 10.2 Å². The Morgan fingerprint density at radius 1 is 0.963 bits per heavy atom. The summed E-state index contributed by atoms with van der Waals surface area (Å²) in [5.74, 6) is -5.97. The van der Waals surface area contributed by atoms with Gasteiger partial charge in [0.05, 0.1) is 11.1 Å². The van der Waals surface area contributed by atoms with Crippen LogP contribution in [0.25, 0.3) is 0 Å². The molecule has 4 N–H and O–H groups in total. The molecule has 0 heterocycles. The molecule has 1 aromatic carbocycles. The second-order valence-corrected chi connectivity index (χ2v) is 6.07. The first kappa shape index (κ1) is 21.6. The molecule has 1 rings (SSSR count). The number of carboxylic acid groups (broad SMARTS) is 3. The molecule has 1 atom stereocenters. The van der Waals surface area contributed by atoms with Gasteiger partial charge in [-0.1, -0.05) is 13.8 Å². The number of carbonyl (C=O) groups is 5. The number of amides is 2. The SMILES string of the molecule is CC(=O)N(c1cc(C(=O)O)cc(C(=O)O)c1)[C@H](C(=O)NCC(=O)O)C(C)C. The van der Waals surface area contributed by atoms with Crippen molar-refractivity contribution in [2.24, 2.45) is 5.92 Å². The van der Waals surface area contributed by atoms with Gasteiger partial charge in [-0.05, 0) is 24.1 Å². The monoisotopic (exact) mass is 380 g/mol. The number of benzene rings is 1. The number of hydrogen-bond acceptors (Lipinski definition) is 5. The highest BCUT2D eigenvalue weighted by atomic mass is 16.4. The number of anilines is 1. The maximum absolute atomic E-state index is 12.4.